The normalized spacial score (nSPS) is 12.4. The first-order valence-corrected chi connectivity index (χ1v) is 10.4. The topological polar surface area (TPSA) is 57.5 Å². The van der Waals surface area contributed by atoms with Crippen LogP contribution in [-0.4, -0.2) is 33.4 Å². The highest BCUT2D eigenvalue weighted by atomic mass is 32.2. The largest absolute Gasteiger partial charge is 0.507 e. The third-order valence-corrected chi connectivity index (χ3v) is 5.88. The second kappa shape index (κ2) is 8.52. The number of carbonyl (C=O) groups is 1. The van der Waals surface area contributed by atoms with Crippen LogP contribution in [0.15, 0.2) is 17.0 Å². The Morgan fingerprint density at radius 3 is 1.88 bits per heavy atom. The molecular weight excluding hydrogens is 340 g/mol. The molecule has 0 heterocycles. The van der Waals surface area contributed by atoms with Crippen molar-refractivity contribution in [1.82, 2.24) is 0 Å². The van der Waals surface area contributed by atoms with Crippen molar-refractivity contribution in [2.75, 3.05) is 17.3 Å². The Hall–Kier alpha value is -0.810. The molecular formula is C19H30O3S2. The molecule has 0 bridgehead atoms. The predicted molar refractivity (Wildman–Crippen MR) is 106 cm³/mol. The van der Waals surface area contributed by atoms with Crippen LogP contribution < -0.4 is 0 Å². The van der Waals surface area contributed by atoms with Crippen molar-refractivity contribution in [2.24, 2.45) is 0 Å². The van der Waals surface area contributed by atoms with Gasteiger partial charge in [0.25, 0.3) is 0 Å². The zero-order valence-corrected chi connectivity index (χ0v) is 17.2. The van der Waals surface area contributed by atoms with Gasteiger partial charge in [0.2, 0.25) is 0 Å². The van der Waals surface area contributed by atoms with Crippen molar-refractivity contribution < 1.29 is 15.0 Å². The summed E-state index contributed by atoms with van der Waals surface area (Å²) >= 11 is 3.44. The van der Waals surface area contributed by atoms with Gasteiger partial charge in [-0.25, -0.2) is 0 Å². The SMILES string of the molecule is CC(C)(C)c1cc(SCCSCCC(=O)O)cc(C(C)(C)C)c1O. The molecule has 3 nitrogen and oxygen atoms in total. The molecule has 0 saturated heterocycles. The van der Waals surface area contributed by atoms with Crippen LogP contribution in [0.25, 0.3) is 0 Å². The monoisotopic (exact) mass is 370 g/mol. The lowest BCUT2D eigenvalue weighted by molar-refractivity contribution is -0.136. The fraction of sp³-hybridized carbons (Fsp3) is 0.632. The maximum atomic E-state index is 10.7. The van der Waals surface area contributed by atoms with Crippen LogP contribution in [0.3, 0.4) is 0 Å². The molecule has 1 rings (SSSR count). The van der Waals surface area contributed by atoms with Crippen molar-refractivity contribution in [3.05, 3.63) is 23.3 Å². The van der Waals surface area contributed by atoms with Gasteiger partial charge in [0.15, 0.2) is 0 Å². The van der Waals surface area contributed by atoms with Crippen LogP contribution in [0.4, 0.5) is 0 Å². The predicted octanol–water partition coefficient (Wildman–Crippen LogP) is 5.29. The van der Waals surface area contributed by atoms with Gasteiger partial charge in [0.1, 0.15) is 5.75 Å². The number of carboxylic acid groups (broad SMARTS) is 1. The number of aliphatic carboxylic acids is 1. The van der Waals surface area contributed by atoms with Crippen molar-refractivity contribution in [3.8, 4) is 5.75 Å². The van der Waals surface area contributed by atoms with Crippen LogP contribution in [0.1, 0.15) is 59.1 Å². The lowest BCUT2D eigenvalue weighted by Gasteiger charge is -2.28. The van der Waals surface area contributed by atoms with E-state index < -0.39 is 5.97 Å². The van der Waals surface area contributed by atoms with Crippen LogP contribution >= 0.6 is 23.5 Å². The highest BCUT2D eigenvalue weighted by molar-refractivity contribution is 8.02. The van der Waals surface area contributed by atoms with Crippen LogP contribution in [0.2, 0.25) is 0 Å². The number of aromatic hydroxyl groups is 1. The van der Waals surface area contributed by atoms with E-state index in [-0.39, 0.29) is 17.3 Å². The minimum absolute atomic E-state index is 0.114. The molecule has 1 aromatic carbocycles. The highest BCUT2D eigenvalue weighted by Crippen LogP contribution is 2.41. The molecule has 0 aliphatic rings. The average molecular weight is 371 g/mol. The van der Waals surface area contributed by atoms with E-state index in [4.69, 9.17) is 5.11 Å². The van der Waals surface area contributed by atoms with Gasteiger partial charge in [-0.2, -0.15) is 11.8 Å². The number of carboxylic acids is 1. The van der Waals surface area contributed by atoms with Gasteiger partial charge < -0.3 is 10.2 Å². The molecule has 0 saturated carbocycles. The van der Waals surface area contributed by atoms with Gasteiger partial charge >= 0.3 is 5.97 Å². The first-order chi connectivity index (χ1) is 10.9. The van der Waals surface area contributed by atoms with Gasteiger partial charge in [-0.15, -0.1) is 11.8 Å². The van der Waals surface area contributed by atoms with Gasteiger partial charge in [0, 0.05) is 33.3 Å². The second-order valence-electron chi connectivity index (χ2n) is 7.97. The van der Waals surface area contributed by atoms with Crippen LogP contribution in [-0.2, 0) is 15.6 Å². The van der Waals surface area contributed by atoms with Crippen LogP contribution in [0, 0.1) is 0 Å². The quantitative estimate of drug-likeness (QED) is 0.505. The second-order valence-corrected chi connectivity index (χ2v) is 10.4. The molecule has 5 heteroatoms. The summed E-state index contributed by atoms with van der Waals surface area (Å²) in [5, 5.41) is 19.4. The summed E-state index contributed by atoms with van der Waals surface area (Å²) < 4.78 is 0. The third-order valence-electron chi connectivity index (χ3n) is 3.66. The molecule has 136 valence electrons. The minimum atomic E-state index is -0.738. The van der Waals surface area contributed by atoms with E-state index in [2.05, 4.69) is 53.7 Å². The Morgan fingerprint density at radius 2 is 1.46 bits per heavy atom. The maximum Gasteiger partial charge on any atom is 0.304 e. The number of benzene rings is 1. The number of phenolic OH excluding ortho intramolecular Hbond substituents is 1. The summed E-state index contributed by atoms with van der Waals surface area (Å²) in [5.74, 6) is 2.19. The van der Waals surface area contributed by atoms with E-state index in [0.717, 1.165) is 22.6 Å². The molecule has 0 radical (unpaired) electrons. The van der Waals surface area contributed by atoms with Crippen molar-refractivity contribution in [1.29, 1.82) is 0 Å². The Bertz CT molecular complexity index is 534. The summed E-state index contributed by atoms with van der Waals surface area (Å²) in [6, 6.07) is 4.19. The number of hydrogen-bond acceptors (Lipinski definition) is 4. The molecule has 0 amide bonds. The smallest absolute Gasteiger partial charge is 0.304 e. The number of hydrogen-bond donors (Lipinski definition) is 2. The molecule has 24 heavy (non-hydrogen) atoms. The Balaban J connectivity index is 2.86. The lowest BCUT2D eigenvalue weighted by Crippen LogP contribution is -2.17. The van der Waals surface area contributed by atoms with Crippen molar-refractivity contribution >= 4 is 29.5 Å². The van der Waals surface area contributed by atoms with E-state index in [1.54, 1.807) is 23.5 Å². The van der Waals surface area contributed by atoms with E-state index in [9.17, 15) is 9.90 Å². The third kappa shape index (κ3) is 6.60. The Morgan fingerprint density at radius 1 is 0.958 bits per heavy atom. The molecule has 0 aliphatic carbocycles. The van der Waals surface area contributed by atoms with E-state index in [1.165, 1.54) is 4.90 Å². The first-order valence-electron chi connectivity index (χ1n) is 8.23. The van der Waals surface area contributed by atoms with Gasteiger partial charge in [-0.3, -0.25) is 4.79 Å². The van der Waals surface area contributed by atoms with Crippen molar-refractivity contribution in [3.63, 3.8) is 0 Å². The molecule has 2 N–H and O–H groups in total. The fourth-order valence-electron chi connectivity index (χ4n) is 2.31. The standard InChI is InChI=1S/C19H30O3S2/c1-18(2,3)14-11-13(12-15(17(14)22)19(4,5)6)24-10-9-23-8-7-16(20)21/h11-12,22H,7-10H2,1-6H3,(H,20,21). The summed E-state index contributed by atoms with van der Waals surface area (Å²) in [4.78, 5) is 11.7. The number of rotatable bonds is 7. The number of thioether (sulfide) groups is 2. The zero-order valence-electron chi connectivity index (χ0n) is 15.6. The molecule has 0 aliphatic heterocycles. The summed E-state index contributed by atoms with van der Waals surface area (Å²) in [7, 11) is 0. The van der Waals surface area contributed by atoms with E-state index >= 15 is 0 Å². The highest BCUT2D eigenvalue weighted by Gasteiger charge is 2.26. The molecule has 1 aromatic rings. The Labute approximate surface area is 154 Å². The Kier molecular flexibility index (Phi) is 7.54. The van der Waals surface area contributed by atoms with E-state index in [0.29, 0.717) is 11.5 Å². The zero-order chi connectivity index (χ0) is 18.5. The minimum Gasteiger partial charge on any atom is -0.507 e. The summed E-state index contributed by atoms with van der Waals surface area (Å²) in [6.45, 7) is 12.7. The molecule has 0 unspecified atom stereocenters. The maximum absolute atomic E-state index is 10.7. The molecule has 0 aromatic heterocycles. The van der Waals surface area contributed by atoms with E-state index in [1.807, 2.05) is 0 Å². The molecule has 0 fully saturated rings. The summed E-state index contributed by atoms with van der Waals surface area (Å²) in [5.41, 5.74) is 1.74. The van der Waals surface area contributed by atoms with Crippen molar-refractivity contribution in [2.45, 2.75) is 63.7 Å². The van der Waals surface area contributed by atoms with Gasteiger partial charge in [-0.05, 0) is 23.0 Å². The molecule has 0 spiro atoms. The average Bonchev–Trinajstić information content (AvgIpc) is 2.41. The first kappa shape index (κ1) is 21.2. The van der Waals surface area contributed by atoms with Gasteiger partial charge in [-0.1, -0.05) is 41.5 Å². The fourth-order valence-corrected chi connectivity index (χ4v) is 4.28. The van der Waals surface area contributed by atoms with Crippen LogP contribution in [0.5, 0.6) is 5.75 Å². The lowest BCUT2D eigenvalue weighted by atomic mass is 9.79. The molecule has 0 atom stereocenters. The van der Waals surface area contributed by atoms with Gasteiger partial charge in [0.05, 0.1) is 6.42 Å². The number of phenols is 1. The summed E-state index contributed by atoms with van der Waals surface area (Å²) in [6.07, 6.45) is 0.219.